The number of carbonyl (C=O) groups is 1. The van der Waals surface area contributed by atoms with Crippen molar-refractivity contribution >= 4 is 15.7 Å². The first-order chi connectivity index (χ1) is 9.41. The Hall–Kier alpha value is -1.36. The lowest BCUT2D eigenvalue weighted by Gasteiger charge is -2.19. The largest absolute Gasteiger partial charge is 0.342 e. The quantitative estimate of drug-likeness (QED) is 0.849. The summed E-state index contributed by atoms with van der Waals surface area (Å²) in [5, 5.41) is 0. The fourth-order valence-electron chi connectivity index (χ4n) is 3.06. The highest BCUT2D eigenvalue weighted by Gasteiger charge is 2.57. The zero-order chi connectivity index (χ0) is 14.4. The smallest absolute Gasteiger partial charge is 0.223 e. The number of amides is 1. The van der Waals surface area contributed by atoms with Crippen molar-refractivity contribution in [1.29, 1.82) is 0 Å². The van der Waals surface area contributed by atoms with Crippen LogP contribution >= 0.6 is 0 Å². The van der Waals surface area contributed by atoms with Gasteiger partial charge in [0.05, 0.1) is 10.6 Å². The van der Waals surface area contributed by atoms with Gasteiger partial charge >= 0.3 is 0 Å². The van der Waals surface area contributed by atoms with Gasteiger partial charge in [0, 0.05) is 19.5 Å². The molecular weight excluding hydrogens is 274 g/mol. The SMILES string of the molecule is CC12CC1CN(C(=O)CCS(=O)(=O)c1ccccc1)C2. The van der Waals surface area contributed by atoms with Crippen molar-refractivity contribution in [1.82, 2.24) is 4.90 Å². The summed E-state index contributed by atoms with van der Waals surface area (Å²) in [6, 6.07) is 8.33. The average molecular weight is 293 g/mol. The van der Waals surface area contributed by atoms with Crippen LogP contribution in [-0.4, -0.2) is 38.1 Å². The van der Waals surface area contributed by atoms with E-state index in [0.29, 0.717) is 16.2 Å². The molecule has 2 unspecified atom stereocenters. The van der Waals surface area contributed by atoms with Crippen molar-refractivity contribution < 1.29 is 13.2 Å². The van der Waals surface area contributed by atoms with Crippen molar-refractivity contribution in [3.63, 3.8) is 0 Å². The molecule has 1 saturated heterocycles. The molecule has 5 heteroatoms. The van der Waals surface area contributed by atoms with Gasteiger partial charge in [0.1, 0.15) is 0 Å². The number of piperidine rings is 1. The minimum Gasteiger partial charge on any atom is -0.342 e. The number of hydrogen-bond acceptors (Lipinski definition) is 3. The maximum Gasteiger partial charge on any atom is 0.223 e. The third-order valence-corrected chi connectivity index (χ3v) is 6.30. The van der Waals surface area contributed by atoms with Gasteiger partial charge in [0.2, 0.25) is 5.91 Å². The minimum absolute atomic E-state index is 0.0297. The van der Waals surface area contributed by atoms with Crippen molar-refractivity contribution in [3.8, 4) is 0 Å². The van der Waals surface area contributed by atoms with Crippen LogP contribution < -0.4 is 0 Å². The number of nitrogens with zero attached hydrogens (tertiary/aromatic N) is 1. The lowest BCUT2D eigenvalue weighted by atomic mass is 10.1. The van der Waals surface area contributed by atoms with E-state index in [2.05, 4.69) is 6.92 Å². The van der Waals surface area contributed by atoms with Crippen molar-refractivity contribution in [2.45, 2.75) is 24.7 Å². The van der Waals surface area contributed by atoms with Gasteiger partial charge in [-0.15, -0.1) is 0 Å². The van der Waals surface area contributed by atoms with Crippen LogP contribution in [0.3, 0.4) is 0 Å². The van der Waals surface area contributed by atoms with E-state index in [0.717, 1.165) is 13.1 Å². The second kappa shape index (κ2) is 4.58. The van der Waals surface area contributed by atoms with Crippen LogP contribution in [0.4, 0.5) is 0 Å². The van der Waals surface area contributed by atoms with Gasteiger partial charge < -0.3 is 4.90 Å². The Labute approximate surface area is 119 Å². The monoisotopic (exact) mass is 293 g/mol. The molecule has 0 spiro atoms. The number of fused-ring (bicyclic) bond motifs is 1. The molecule has 1 aliphatic carbocycles. The summed E-state index contributed by atoms with van der Waals surface area (Å²) in [7, 11) is -3.35. The number of likely N-dealkylation sites (tertiary alicyclic amines) is 1. The van der Waals surface area contributed by atoms with Crippen molar-refractivity contribution in [2.24, 2.45) is 11.3 Å². The Morgan fingerprint density at radius 3 is 2.65 bits per heavy atom. The summed E-state index contributed by atoms with van der Waals surface area (Å²) in [4.78, 5) is 14.2. The van der Waals surface area contributed by atoms with Crippen LogP contribution in [0.15, 0.2) is 35.2 Å². The lowest BCUT2D eigenvalue weighted by Crippen LogP contribution is -2.32. The molecular formula is C15H19NO3S. The molecule has 0 radical (unpaired) electrons. The number of rotatable bonds is 4. The van der Waals surface area contributed by atoms with E-state index in [1.165, 1.54) is 6.42 Å². The highest BCUT2D eigenvalue weighted by Crippen LogP contribution is 2.57. The maximum absolute atomic E-state index is 12.1. The van der Waals surface area contributed by atoms with Crippen LogP contribution in [0.5, 0.6) is 0 Å². The molecule has 1 aromatic rings. The second-order valence-corrected chi connectivity index (χ2v) is 8.32. The number of sulfone groups is 1. The molecule has 4 nitrogen and oxygen atoms in total. The molecule has 108 valence electrons. The van der Waals surface area contributed by atoms with E-state index < -0.39 is 9.84 Å². The molecule has 1 heterocycles. The molecule has 3 rings (SSSR count). The molecule has 1 amide bonds. The number of carbonyl (C=O) groups excluding carboxylic acids is 1. The number of benzene rings is 1. The summed E-state index contributed by atoms with van der Waals surface area (Å²) in [5.41, 5.74) is 0.313. The zero-order valence-corrected chi connectivity index (χ0v) is 12.4. The first kappa shape index (κ1) is 13.6. The Bertz CT molecular complexity index is 626. The fourth-order valence-corrected chi connectivity index (χ4v) is 4.32. The first-order valence-electron chi connectivity index (χ1n) is 6.96. The summed E-state index contributed by atoms with van der Waals surface area (Å²) in [5.74, 6) is 0.503. The van der Waals surface area contributed by atoms with E-state index in [9.17, 15) is 13.2 Å². The predicted molar refractivity (Wildman–Crippen MR) is 75.9 cm³/mol. The molecule has 1 saturated carbocycles. The van der Waals surface area contributed by atoms with Crippen molar-refractivity contribution in [2.75, 3.05) is 18.8 Å². The van der Waals surface area contributed by atoms with Gasteiger partial charge in [0.15, 0.2) is 9.84 Å². The summed E-state index contributed by atoms with van der Waals surface area (Å²) in [6.07, 6.45) is 1.29. The maximum atomic E-state index is 12.1. The standard InChI is InChI=1S/C15H19NO3S/c1-15-9-12(15)10-16(11-15)14(17)7-8-20(18,19)13-5-3-2-4-6-13/h2-6,12H,7-11H2,1H3. The topological polar surface area (TPSA) is 54.5 Å². The summed E-state index contributed by atoms with van der Waals surface area (Å²) in [6.45, 7) is 3.80. The van der Waals surface area contributed by atoms with Gasteiger partial charge in [-0.05, 0) is 29.9 Å². The summed E-state index contributed by atoms with van der Waals surface area (Å²) < 4.78 is 24.2. The van der Waals surface area contributed by atoms with E-state index in [-0.39, 0.29) is 18.1 Å². The molecule has 0 aromatic heterocycles. The van der Waals surface area contributed by atoms with E-state index in [4.69, 9.17) is 0 Å². The van der Waals surface area contributed by atoms with E-state index >= 15 is 0 Å². The van der Waals surface area contributed by atoms with Crippen LogP contribution in [-0.2, 0) is 14.6 Å². The molecule has 20 heavy (non-hydrogen) atoms. The van der Waals surface area contributed by atoms with E-state index in [1.54, 1.807) is 30.3 Å². The molecule has 2 atom stereocenters. The molecule has 0 bridgehead atoms. The van der Waals surface area contributed by atoms with Crippen LogP contribution in [0.2, 0.25) is 0 Å². The molecule has 1 aromatic carbocycles. The Morgan fingerprint density at radius 2 is 2.05 bits per heavy atom. The average Bonchev–Trinajstić information content (AvgIpc) is 2.95. The fraction of sp³-hybridized carbons (Fsp3) is 0.533. The summed E-state index contributed by atoms with van der Waals surface area (Å²) >= 11 is 0. The Kier molecular flexibility index (Phi) is 3.12. The van der Waals surface area contributed by atoms with Crippen molar-refractivity contribution in [3.05, 3.63) is 30.3 Å². The highest BCUT2D eigenvalue weighted by molar-refractivity contribution is 7.91. The van der Waals surface area contributed by atoms with Gasteiger partial charge in [-0.3, -0.25) is 4.79 Å². The number of hydrogen-bond donors (Lipinski definition) is 0. The van der Waals surface area contributed by atoms with E-state index in [1.807, 2.05) is 4.90 Å². The van der Waals surface area contributed by atoms with Crippen LogP contribution in [0, 0.1) is 11.3 Å². The highest BCUT2D eigenvalue weighted by atomic mass is 32.2. The normalized spacial score (nSPS) is 28.2. The molecule has 2 aliphatic rings. The Morgan fingerprint density at radius 1 is 1.35 bits per heavy atom. The molecule has 0 N–H and O–H groups in total. The zero-order valence-electron chi connectivity index (χ0n) is 11.6. The first-order valence-corrected chi connectivity index (χ1v) is 8.62. The minimum atomic E-state index is -3.35. The third-order valence-electron chi connectivity index (χ3n) is 4.57. The van der Waals surface area contributed by atoms with Gasteiger partial charge in [-0.25, -0.2) is 8.42 Å². The second-order valence-electron chi connectivity index (χ2n) is 6.21. The van der Waals surface area contributed by atoms with Crippen LogP contribution in [0.25, 0.3) is 0 Å². The van der Waals surface area contributed by atoms with Gasteiger partial charge in [-0.2, -0.15) is 0 Å². The Balaban J connectivity index is 1.58. The van der Waals surface area contributed by atoms with Gasteiger partial charge in [-0.1, -0.05) is 25.1 Å². The molecule has 2 fully saturated rings. The van der Waals surface area contributed by atoms with Crippen LogP contribution in [0.1, 0.15) is 19.8 Å². The lowest BCUT2D eigenvalue weighted by molar-refractivity contribution is -0.130. The third kappa shape index (κ3) is 2.46. The predicted octanol–water partition coefficient (Wildman–Crippen LogP) is 1.72. The van der Waals surface area contributed by atoms with Gasteiger partial charge in [0.25, 0.3) is 0 Å². The molecule has 1 aliphatic heterocycles.